The highest BCUT2D eigenvalue weighted by molar-refractivity contribution is 5.97. The first kappa shape index (κ1) is 52.0. The maximum atomic E-state index is 13.6. The van der Waals surface area contributed by atoms with Gasteiger partial charge in [-0.05, 0) is 44.4 Å². The zero-order chi connectivity index (χ0) is 44.0. The van der Waals surface area contributed by atoms with Crippen LogP contribution in [0.3, 0.4) is 0 Å². The van der Waals surface area contributed by atoms with Crippen molar-refractivity contribution < 1.29 is 48.6 Å². The minimum Gasteiger partial charge on any atom is -0.394 e. The summed E-state index contributed by atoms with van der Waals surface area (Å²) in [5.41, 5.74) is 10.7. The van der Waals surface area contributed by atoms with Gasteiger partial charge in [0.1, 0.15) is 36.3 Å². The predicted octanol–water partition coefficient (Wildman–Crippen LogP) is -3.66. The minimum atomic E-state index is -1.67. The smallest absolute Gasteiger partial charge is 0.245 e. The molecular formula is C36H67N11O10. The molecule has 9 atom stereocenters. The van der Waals surface area contributed by atoms with E-state index < -0.39 is 114 Å². The number of hydrogen-bond donors (Lipinski definition) is 12. The van der Waals surface area contributed by atoms with Gasteiger partial charge < -0.3 is 64.2 Å². The molecule has 21 heteroatoms. The van der Waals surface area contributed by atoms with Crippen LogP contribution >= 0.6 is 0 Å². The molecule has 0 fully saturated rings. The van der Waals surface area contributed by atoms with Crippen LogP contribution < -0.4 is 54.0 Å². The highest BCUT2D eigenvalue weighted by Gasteiger charge is 2.37. The first-order valence-corrected chi connectivity index (χ1v) is 19.3. The molecule has 0 saturated carbocycles. The van der Waals surface area contributed by atoms with Crippen molar-refractivity contribution in [3.05, 3.63) is 0 Å². The van der Waals surface area contributed by atoms with Crippen LogP contribution in [-0.4, -0.2) is 132 Å². The van der Waals surface area contributed by atoms with Gasteiger partial charge in [0.25, 0.3) is 0 Å². The number of guanidine groups is 1. The Morgan fingerprint density at radius 3 is 1.54 bits per heavy atom. The van der Waals surface area contributed by atoms with Gasteiger partial charge in [0.2, 0.25) is 47.3 Å². The molecule has 0 heterocycles. The zero-order valence-corrected chi connectivity index (χ0v) is 34.7. The Bertz CT molecular complexity index is 1390. The third-order valence-corrected chi connectivity index (χ3v) is 9.16. The Morgan fingerprint density at radius 1 is 0.614 bits per heavy atom. The molecule has 21 nitrogen and oxygen atoms in total. The molecule has 14 N–H and O–H groups in total. The molecule has 0 aromatic rings. The summed E-state index contributed by atoms with van der Waals surface area (Å²) in [7, 11) is 0. The Labute approximate surface area is 334 Å². The van der Waals surface area contributed by atoms with Gasteiger partial charge in [-0.2, -0.15) is 0 Å². The topological polar surface area (TPSA) is 338 Å². The van der Waals surface area contributed by atoms with Crippen LogP contribution in [0.15, 0.2) is 4.99 Å². The van der Waals surface area contributed by atoms with Crippen LogP contribution in [-0.2, 0) is 38.4 Å². The number of likely N-dealkylation sites (N-methyl/N-ethyl adjacent to an activating group) is 1. The van der Waals surface area contributed by atoms with Crippen LogP contribution in [0.4, 0.5) is 0 Å². The van der Waals surface area contributed by atoms with E-state index in [1.54, 1.807) is 48.5 Å². The van der Waals surface area contributed by atoms with E-state index in [4.69, 9.17) is 11.5 Å². The summed E-state index contributed by atoms with van der Waals surface area (Å²) >= 11 is 0. The Hall–Kier alpha value is -5.05. The summed E-state index contributed by atoms with van der Waals surface area (Å²) in [5, 5.41) is 40.7. The molecule has 0 spiro atoms. The molecule has 0 radical (unpaired) electrons. The summed E-state index contributed by atoms with van der Waals surface area (Å²) in [6.45, 7) is 13.6. The molecular weight excluding hydrogens is 746 g/mol. The Balaban J connectivity index is 6.07. The van der Waals surface area contributed by atoms with Gasteiger partial charge in [0.05, 0.1) is 19.3 Å². The van der Waals surface area contributed by atoms with Gasteiger partial charge in [0, 0.05) is 20.0 Å². The van der Waals surface area contributed by atoms with Crippen molar-refractivity contribution >= 4 is 53.2 Å². The second-order valence-corrected chi connectivity index (χ2v) is 14.3. The van der Waals surface area contributed by atoms with E-state index in [1.165, 1.54) is 13.8 Å². The lowest BCUT2D eigenvalue weighted by atomic mass is 9.96. The van der Waals surface area contributed by atoms with Gasteiger partial charge >= 0.3 is 0 Å². The van der Waals surface area contributed by atoms with E-state index in [2.05, 4.69) is 47.5 Å². The molecule has 0 aliphatic carbocycles. The van der Waals surface area contributed by atoms with Gasteiger partial charge in [-0.3, -0.25) is 43.3 Å². The first-order chi connectivity index (χ1) is 26.6. The third kappa shape index (κ3) is 19.1. The number of nitrogens with two attached hydrogens (primary N) is 2. The lowest BCUT2D eigenvalue weighted by molar-refractivity contribution is -0.138. The maximum absolute atomic E-state index is 13.6. The third-order valence-electron chi connectivity index (χ3n) is 9.16. The maximum Gasteiger partial charge on any atom is 0.245 e. The summed E-state index contributed by atoms with van der Waals surface area (Å²) in [5.74, 6) is -7.35. The zero-order valence-electron chi connectivity index (χ0n) is 34.7. The minimum absolute atomic E-state index is 0.124. The van der Waals surface area contributed by atoms with Crippen LogP contribution in [0, 0.1) is 17.8 Å². The average molecular weight is 814 g/mol. The highest BCUT2D eigenvalue weighted by Crippen LogP contribution is 2.13. The summed E-state index contributed by atoms with van der Waals surface area (Å²) < 4.78 is 0. The number of carbonyl (C=O) groups excluding carboxylic acids is 8. The van der Waals surface area contributed by atoms with Crippen molar-refractivity contribution in [3.8, 4) is 0 Å². The molecule has 326 valence electrons. The van der Waals surface area contributed by atoms with Crippen molar-refractivity contribution in [1.29, 1.82) is 0 Å². The van der Waals surface area contributed by atoms with Crippen molar-refractivity contribution in [2.24, 2.45) is 34.2 Å². The molecule has 0 saturated heterocycles. The van der Waals surface area contributed by atoms with Gasteiger partial charge in [-0.1, -0.05) is 54.4 Å². The lowest BCUT2D eigenvalue weighted by Crippen LogP contribution is -2.63. The second-order valence-electron chi connectivity index (χ2n) is 14.3. The summed E-state index contributed by atoms with van der Waals surface area (Å²) in [6, 6.07) is -7.86. The van der Waals surface area contributed by atoms with Crippen molar-refractivity contribution in [1.82, 2.24) is 42.5 Å². The average Bonchev–Trinajstić information content (AvgIpc) is 3.14. The van der Waals surface area contributed by atoms with Crippen LogP contribution in [0.25, 0.3) is 0 Å². The van der Waals surface area contributed by atoms with Gasteiger partial charge in [0.15, 0.2) is 5.96 Å². The standard InChI is InChI=1S/C36H67N11O10/c1-10-19(6)27(33(55)42-23(30(52)39-12-3)14-13-15-40-36(37)38)45-31(53)24(17-48)43-35(57)29(21(8)49)47-34(56)28(20(7)11-2)46-32(54)26(18(4)5)44-25(51)16-41-22(9)50/h18-21,23-24,26-29,48-49H,10-17H2,1-9H3,(H,39,52)(H,41,50)(H,42,55)(H,43,57)(H,44,51)(H,45,53)(H,46,54)(H,47,56)(H4,37,38,40)/t19-,20-,21+,23-,24-,26-,27-,28+,29-/m0/s1. The van der Waals surface area contributed by atoms with Crippen molar-refractivity contribution in [2.45, 2.75) is 130 Å². The number of nitrogens with one attached hydrogen (secondary N) is 8. The molecule has 8 amide bonds. The van der Waals surface area contributed by atoms with E-state index in [-0.39, 0.29) is 25.5 Å². The molecule has 0 aromatic heterocycles. The largest absolute Gasteiger partial charge is 0.394 e. The number of rotatable bonds is 26. The number of amides is 8. The quantitative estimate of drug-likeness (QED) is 0.0229. The van der Waals surface area contributed by atoms with Crippen molar-refractivity contribution in [3.63, 3.8) is 0 Å². The molecule has 0 bridgehead atoms. The van der Waals surface area contributed by atoms with Crippen LogP contribution in [0.2, 0.25) is 0 Å². The fourth-order valence-corrected chi connectivity index (χ4v) is 5.30. The SMILES string of the molecule is CCNC(=O)[C@H](CCCN=C(N)N)NC(=O)[C@@H](NC(=O)[C@H](CO)NC(=O)[C@@H](NC(=O)[C@H](NC(=O)[C@@H](NC(=O)CNC(C)=O)C(C)C)[C@@H](C)CC)[C@@H](C)O)[C@@H](C)CC. The summed E-state index contributed by atoms with van der Waals surface area (Å²) in [6.07, 6.45) is -0.199. The van der Waals surface area contributed by atoms with E-state index in [0.29, 0.717) is 25.8 Å². The summed E-state index contributed by atoms with van der Waals surface area (Å²) in [4.78, 5) is 108. The number of aliphatic hydroxyl groups is 2. The first-order valence-electron chi connectivity index (χ1n) is 19.3. The fourth-order valence-electron chi connectivity index (χ4n) is 5.30. The Kier molecular flexibility index (Phi) is 24.4. The van der Waals surface area contributed by atoms with E-state index in [1.807, 2.05) is 0 Å². The predicted molar refractivity (Wildman–Crippen MR) is 211 cm³/mol. The second kappa shape index (κ2) is 26.7. The normalized spacial score (nSPS) is 15.7. The number of aliphatic hydroxyl groups excluding tert-OH is 2. The molecule has 0 unspecified atom stereocenters. The number of carbonyl (C=O) groups is 8. The lowest BCUT2D eigenvalue weighted by Gasteiger charge is -2.31. The molecule has 0 aromatic carbocycles. The highest BCUT2D eigenvalue weighted by atomic mass is 16.3. The van der Waals surface area contributed by atoms with E-state index >= 15 is 0 Å². The van der Waals surface area contributed by atoms with Crippen LogP contribution in [0.1, 0.15) is 88.0 Å². The van der Waals surface area contributed by atoms with E-state index in [9.17, 15) is 48.6 Å². The van der Waals surface area contributed by atoms with E-state index in [0.717, 1.165) is 0 Å². The monoisotopic (exact) mass is 814 g/mol. The Morgan fingerprint density at radius 2 is 1.09 bits per heavy atom. The molecule has 0 aliphatic rings. The molecule has 57 heavy (non-hydrogen) atoms. The van der Waals surface area contributed by atoms with Crippen LogP contribution in [0.5, 0.6) is 0 Å². The number of hydrogen-bond acceptors (Lipinski definition) is 11. The number of aliphatic imine (C=N–C) groups is 1. The van der Waals surface area contributed by atoms with Gasteiger partial charge in [-0.25, -0.2) is 0 Å². The molecule has 0 rings (SSSR count). The van der Waals surface area contributed by atoms with Crippen molar-refractivity contribution in [2.75, 3.05) is 26.2 Å². The fraction of sp³-hybridized carbons (Fsp3) is 0.750. The molecule has 0 aliphatic heterocycles. The number of nitrogens with zero attached hydrogens (tertiary/aromatic N) is 1. The van der Waals surface area contributed by atoms with Gasteiger partial charge in [-0.15, -0.1) is 0 Å².